The van der Waals surface area contributed by atoms with Gasteiger partial charge in [0.25, 0.3) is 0 Å². The molecule has 8 heteroatoms. The highest BCUT2D eigenvalue weighted by Gasteiger charge is 2.71. The lowest BCUT2D eigenvalue weighted by molar-refractivity contribution is -0.297. The van der Waals surface area contributed by atoms with E-state index in [1.54, 1.807) is 6.92 Å². The molecule has 1 aliphatic heterocycles. The minimum Gasteiger partial charge on any atom is -0.481 e. The van der Waals surface area contributed by atoms with E-state index in [1.165, 1.54) is 7.11 Å². The molecule has 0 aromatic carbocycles. The van der Waals surface area contributed by atoms with E-state index < -0.39 is 47.5 Å². The van der Waals surface area contributed by atoms with Crippen LogP contribution in [-0.2, 0) is 23.8 Å². The smallest absolute Gasteiger partial charge is 0.314 e. The fourth-order valence-corrected chi connectivity index (χ4v) is 8.39. The van der Waals surface area contributed by atoms with Gasteiger partial charge in [0.1, 0.15) is 30.0 Å². The lowest BCUT2D eigenvalue weighted by atomic mass is 9.52. The zero-order chi connectivity index (χ0) is 26.6. The van der Waals surface area contributed by atoms with Crippen LogP contribution in [0.25, 0.3) is 0 Å². The third-order valence-electron chi connectivity index (χ3n) is 10.2. The lowest BCUT2D eigenvalue weighted by Gasteiger charge is -2.48. The Morgan fingerprint density at radius 1 is 1.22 bits per heavy atom. The van der Waals surface area contributed by atoms with E-state index in [2.05, 4.69) is 19.9 Å². The van der Waals surface area contributed by atoms with Gasteiger partial charge in [0.2, 0.25) is 0 Å². The Hall–Kier alpha value is -1.32. The van der Waals surface area contributed by atoms with Crippen LogP contribution in [0.2, 0.25) is 0 Å². The summed E-state index contributed by atoms with van der Waals surface area (Å²) < 4.78 is 17.0. The first kappa shape index (κ1) is 27.7. The van der Waals surface area contributed by atoms with Crippen molar-refractivity contribution in [1.82, 2.24) is 0 Å². The molecule has 1 heterocycles. The molecule has 0 amide bonds. The highest BCUT2D eigenvalue weighted by Crippen LogP contribution is 2.71. The van der Waals surface area contributed by atoms with Crippen molar-refractivity contribution < 1.29 is 39.1 Å². The number of carboxylic acids is 1. The summed E-state index contributed by atoms with van der Waals surface area (Å²) in [6.07, 6.45) is 1.25. The molecule has 12 atom stereocenters. The molecule has 36 heavy (non-hydrogen) atoms. The number of allylic oxidation sites excluding steroid dienone is 1. The highest BCUT2D eigenvalue weighted by molar-refractivity contribution is 5.88. The van der Waals surface area contributed by atoms with Crippen molar-refractivity contribution in [2.24, 2.45) is 46.3 Å². The topological polar surface area (TPSA) is 123 Å². The van der Waals surface area contributed by atoms with Gasteiger partial charge in [-0.15, -0.1) is 0 Å². The summed E-state index contributed by atoms with van der Waals surface area (Å²) in [6, 6.07) is 0. The fourth-order valence-electron chi connectivity index (χ4n) is 8.39. The second-order valence-corrected chi connectivity index (χ2v) is 12.2. The van der Waals surface area contributed by atoms with E-state index in [1.807, 2.05) is 13.8 Å². The van der Waals surface area contributed by atoms with Gasteiger partial charge in [0, 0.05) is 12.5 Å². The molecule has 0 aromatic rings. The molecular formula is C28H44O8. The summed E-state index contributed by atoms with van der Waals surface area (Å²) in [5.74, 6) is 0.00906. The van der Waals surface area contributed by atoms with E-state index in [0.29, 0.717) is 31.1 Å². The number of rotatable bonds is 9. The molecule has 2 bridgehead atoms. The van der Waals surface area contributed by atoms with Crippen LogP contribution in [0.1, 0.15) is 60.3 Å². The number of carboxylic acid groups (broad SMARTS) is 1. The van der Waals surface area contributed by atoms with E-state index in [4.69, 9.17) is 14.2 Å². The number of carbonyl (C=O) groups is 2. The van der Waals surface area contributed by atoms with Crippen LogP contribution < -0.4 is 0 Å². The van der Waals surface area contributed by atoms with Crippen LogP contribution in [0, 0.1) is 46.3 Å². The largest absolute Gasteiger partial charge is 0.481 e. The van der Waals surface area contributed by atoms with Gasteiger partial charge in [0.15, 0.2) is 6.29 Å². The fraction of sp³-hybridized carbons (Fsp3) is 0.857. The van der Waals surface area contributed by atoms with Gasteiger partial charge in [-0.05, 0) is 68.1 Å². The number of hydrogen-bond acceptors (Lipinski definition) is 7. The van der Waals surface area contributed by atoms with Crippen LogP contribution >= 0.6 is 0 Å². The average Bonchev–Trinajstić information content (AvgIpc) is 3.47. The van der Waals surface area contributed by atoms with E-state index in [-0.39, 0.29) is 30.3 Å². The van der Waals surface area contributed by atoms with Gasteiger partial charge in [-0.1, -0.05) is 39.3 Å². The number of ether oxygens (including phenoxy) is 3. The van der Waals surface area contributed by atoms with Crippen LogP contribution in [0.15, 0.2) is 11.6 Å². The number of hydrogen-bond donors (Lipinski definition) is 3. The molecule has 10 unspecified atom stereocenters. The standard InChI is InChI=1S/C28H44O8/c1-14(2)20-10-18-11-27(13-29,28(20,12-18)26(32)33)21-9-15(3)16(4)19(21)7-8-35-25-23(31)22(30)24(34-6)17(5)36-25/h10,13-19,21-25,30-31H,7-9,11-12H2,1-6H3,(H,32,33)/t15?,16?,17?,18-,19?,21?,22?,23?,24?,25?,27?,28-/m1/s1. The SMILES string of the molecule is COC1C(C)OC(OCCC2C(C)C(C)CC2C2(C=O)C[C@H]3C=C(C(C)C)[C@@]2(C(=O)O)C3)C(O)C1O. The molecule has 0 radical (unpaired) electrons. The van der Waals surface area contributed by atoms with Crippen molar-refractivity contribution in [3.8, 4) is 0 Å². The Morgan fingerprint density at radius 3 is 2.50 bits per heavy atom. The Bertz CT molecular complexity index is 872. The van der Waals surface area contributed by atoms with Crippen LogP contribution in [-0.4, -0.2) is 72.0 Å². The van der Waals surface area contributed by atoms with Crippen molar-refractivity contribution in [1.29, 1.82) is 0 Å². The Kier molecular flexibility index (Phi) is 7.77. The zero-order valence-electron chi connectivity index (χ0n) is 22.4. The van der Waals surface area contributed by atoms with Gasteiger partial charge in [-0.3, -0.25) is 4.79 Å². The van der Waals surface area contributed by atoms with Crippen molar-refractivity contribution in [2.75, 3.05) is 13.7 Å². The van der Waals surface area contributed by atoms with Crippen LogP contribution in [0.3, 0.4) is 0 Å². The van der Waals surface area contributed by atoms with Crippen LogP contribution in [0.4, 0.5) is 0 Å². The molecule has 204 valence electrons. The van der Waals surface area contributed by atoms with Crippen molar-refractivity contribution >= 4 is 12.3 Å². The summed E-state index contributed by atoms with van der Waals surface area (Å²) in [6.45, 7) is 10.5. The third kappa shape index (κ3) is 3.99. The third-order valence-corrected chi connectivity index (χ3v) is 10.2. The maximum Gasteiger partial charge on any atom is 0.314 e. The Balaban J connectivity index is 1.55. The van der Waals surface area contributed by atoms with Gasteiger partial charge in [-0.2, -0.15) is 0 Å². The highest BCUT2D eigenvalue weighted by atomic mass is 16.7. The predicted octanol–water partition coefficient (Wildman–Crippen LogP) is 3.05. The van der Waals surface area contributed by atoms with Crippen molar-refractivity contribution in [3.05, 3.63) is 11.6 Å². The molecular weight excluding hydrogens is 464 g/mol. The minimum atomic E-state index is -1.23. The zero-order valence-corrected chi connectivity index (χ0v) is 22.4. The molecule has 3 N–H and O–H groups in total. The monoisotopic (exact) mass is 508 g/mol. The number of carbonyl (C=O) groups excluding carboxylic acids is 1. The normalized spacial score (nSPS) is 48.4. The summed E-state index contributed by atoms with van der Waals surface area (Å²) in [5.41, 5.74) is -1.16. The molecule has 3 aliphatic carbocycles. The van der Waals surface area contributed by atoms with E-state index >= 15 is 0 Å². The Morgan fingerprint density at radius 2 is 1.92 bits per heavy atom. The first-order valence-electron chi connectivity index (χ1n) is 13.5. The van der Waals surface area contributed by atoms with E-state index in [0.717, 1.165) is 18.3 Å². The summed E-state index contributed by atoms with van der Waals surface area (Å²) in [7, 11) is 1.47. The number of aliphatic carboxylic acids is 1. The molecule has 0 spiro atoms. The molecule has 3 fully saturated rings. The second kappa shape index (κ2) is 10.1. The van der Waals surface area contributed by atoms with Gasteiger partial charge in [-0.25, -0.2) is 0 Å². The molecule has 1 saturated heterocycles. The number of aliphatic hydroxyl groups is 2. The maximum atomic E-state index is 13.0. The minimum absolute atomic E-state index is 0.0632. The lowest BCUT2D eigenvalue weighted by Crippen LogP contribution is -2.58. The van der Waals surface area contributed by atoms with Gasteiger partial charge in [0.05, 0.1) is 12.7 Å². The number of aliphatic hydroxyl groups excluding tert-OH is 2. The number of methoxy groups -OCH3 is 1. The summed E-state index contributed by atoms with van der Waals surface area (Å²) >= 11 is 0. The number of aldehydes is 1. The van der Waals surface area contributed by atoms with Crippen molar-refractivity contribution in [2.45, 2.75) is 91.0 Å². The molecule has 0 aromatic heterocycles. The first-order chi connectivity index (χ1) is 16.9. The number of fused-ring (bicyclic) bond motifs is 2. The van der Waals surface area contributed by atoms with Gasteiger partial charge < -0.3 is 34.3 Å². The van der Waals surface area contributed by atoms with Gasteiger partial charge >= 0.3 is 5.97 Å². The molecule has 8 nitrogen and oxygen atoms in total. The quantitative estimate of drug-likeness (QED) is 0.321. The average molecular weight is 509 g/mol. The van der Waals surface area contributed by atoms with E-state index in [9.17, 15) is 24.9 Å². The summed E-state index contributed by atoms with van der Waals surface area (Å²) in [5, 5.41) is 31.5. The predicted molar refractivity (Wildman–Crippen MR) is 132 cm³/mol. The van der Waals surface area contributed by atoms with Crippen molar-refractivity contribution in [3.63, 3.8) is 0 Å². The molecule has 4 rings (SSSR count). The Labute approximate surface area is 214 Å². The second-order valence-electron chi connectivity index (χ2n) is 12.2. The molecule has 4 aliphatic rings. The molecule has 2 saturated carbocycles. The summed E-state index contributed by atoms with van der Waals surface area (Å²) in [4.78, 5) is 26.0. The first-order valence-corrected chi connectivity index (χ1v) is 13.5. The maximum absolute atomic E-state index is 13.0. The van der Waals surface area contributed by atoms with Crippen LogP contribution in [0.5, 0.6) is 0 Å².